The summed E-state index contributed by atoms with van der Waals surface area (Å²) in [5, 5.41) is 4.15. The van der Waals surface area contributed by atoms with Crippen LogP contribution in [-0.4, -0.2) is 9.78 Å². The number of rotatable bonds is 0. The Hall–Kier alpha value is -0.350. The third-order valence-corrected chi connectivity index (χ3v) is 2.71. The molecule has 0 spiro atoms. The van der Waals surface area contributed by atoms with Crippen LogP contribution >= 0.6 is 27.5 Å². The molecule has 0 aliphatic heterocycles. The molecule has 1 aromatic heterocycles. The summed E-state index contributed by atoms with van der Waals surface area (Å²) in [5.41, 5.74) is -0.620. The number of aromatic nitrogens is 2. The van der Waals surface area contributed by atoms with E-state index in [0.717, 1.165) is 0 Å². The van der Waals surface area contributed by atoms with Crippen molar-refractivity contribution in [3.8, 4) is 0 Å². The lowest BCUT2D eigenvalue weighted by atomic mass is 10.1. The lowest BCUT2D eigenvalue weighted by molar-refractivity contribution is 0.337. The van der Waals surface area contributed by atoms with Crippen molar-refractivity contribution in [2.75, 3.05) is 0 Å². The van der Waals surface area contributed by atoms with Crippen molar-refractivity contribution in [3.05, 3.63) is 26.0 Å². The zero-order valence-corrected chi connectivity index (χ0v) is 9.98. The third-order valence-electron chi connectivity index (χ3n) is 1.51. The van der Waals surface area contributed by atoms with Crippen molar-refractivity contribution in [1.82, 2.24) is 9.78 Å². The molecule has 0 radical (unpaired) electrons. The van der Waals surface area contributed by atoms with Crippen LogP contribution in [0.1, 0.15) is 20.8 Å². The summed E-state index contributed by atoms with van der Waals surface area (Å²) in [4.78, 5) is 11.6. The maximum Gasteiger partial charge on any atom is 0.287 e. The third kappa shape index (κ3) is 2.11. The predicted molar refractivity (Wildman–Crippen MR) is 56.2 cm³/mol. The van der Waals surface area contributed by atoms with Crippen LogP contribution in [0.5, 0.6) is 0 Å². The molecule has 0 saturated carbocycles. The minimum absolute atomic E-state index is 0.171. The minimum atomic E-state index is -0.346. The van der Waals surface area contributed by atoms with E-state index in [9.17, 15) is 4.79 Å². The number of nitrogens with zero attached hydrogens (tertiary/aromatic N) is 2. The average molecular weight is 266 g/mol. The zero-order valence-electron chi connectivity index (χ0n) is 7.64. The molecule has 3 nitrogen and oxygen atoms in total. The summed E-state index contributed by atoms with van der Waals surface area (Å²) in [6, 6.07) is 0. The Morgan fingerprint density at radius 1 is 1.54 bits per heavy atom. The topological polar surface area (TPSA) is 34.9 Å². The largest absolute Gasteiger partial charge is 0.287 e. The van der Waals surface area contributed by atoms with Gasteiger partial charge in [0.15, 0.2) is 0 Å². The fourth-order valence-corrected chi connectivity index (χ4v) is 1.28. The molecule has 0 aromatic carbocycles. The molecule has 0 atom stereocenters. The van der Waals surface area contributed by atoms with Gasteiger partial charge < -0.3 is 0 Å². The van der Waals surface area contributed by atoms with Crippen molar-refractivity contribution in [2.24, 2.45) is 0 Å². The number of hydrogen-bond acceptors (Lipinski definition) is 2. The standard InChI is InChI=1S/C8H10BrClN2O/c1-8(2,3)12-7(13)6(10)5(9)4-11-12/h4H,1-3H3. The molecule has 0 saturated heterocycles. The van der Waals surface area contributed by atoms with Gasteiger partial charge in [0.05, 0.1) is 16.2 Å². The van der Waals surface area contributed by atoms with Crippen molar-refractivity contribution < 1.29 is 0 Å². The molecule has 72 valence electrons. The molecule has 0 aliphatic rings. The lowest BCUT2D eigenvalue weighted by Gasteiger charge is -2.20. The van der Waals surface area contributed by atoms with E-state index in [4.69, 9.17) is 11.6 Å². The van der Waals surface area contributed by atoms with Crippen LogP contribution in [0, 0.1) is 0 Å². The first-order valence-corrected chi connectivity index (χ1v) is 4.95. The normalized spacial score (nSPS) is 11.8. The van der Waals surface area contributed by atoms with Crippen LogP contribution in [0.15, 0.2) is 15.5 Å². The van der Waals surface area contributed by atoms with Crippen LogP contribution in [0.25, 0.3) is 0 Å². The van der Waals surface area contributed by atoms with Gasteiger partial charge in [0, 0.05) is 0 Å². The fraction of sp³-hybridized carbons (Fsp3) is 0.500. The molecule has 1 rings (SSSR count). The van der Waals surface area contributed by atoms with Crippen LogP contribution in [-0.2, 0) is 5.54 Å². The Labute approximate surface area is 89.8 Å². The summed E-state index contributed by atoms with van der Waals surface area (Å²) in [6.07, 6.45) is 1.52. The summed E-state index contributed by atoms with van der Waals surface area (Å²) in [6.45, 7) is 5.68. The van der Waals surface area contributed by atoms with E-state index in [1.165, 1.54) is 10.9 Å². The quantitative estimate of drug-likeness (QED) is 0.722. The summed E-state index contributed by atoms with van der Waals surface area (Å²) in [7, 11) is 0. The number of hydrogen-bond donors (Lipinski definition) is 0. The van der Waals surface area contributed by atoms with Crippen LogP contribution in [0.3, 0.4) is 0 Å². The molecular weight excluding hydrogens is 255 g/mol. The smallest absolute Gasteiger partial charge is 0.266 e. The molecular formula is C8H10BrClN2O. The average Bonchev–Trinajstić information content (AvgIpc) is 1.98. The van der Waals surface area contributed by atoms with E-state index in [0.29, 0.717) is 4.47 Å². The molecule has 0 amide bonds. The van der Waals surface area contributed by atoms with E-state index in [1.807, 2.05) is 20.8 Å². The first-order chi connectivity index (χ1) is 5.84. The lowest BCUT2D eigenvalue weighted by Crippen LogP contribution is -2.36. The maximum atomic E-state index is 11.6. The Bertz CT molecular complexity index is 381. The molecule has 0 bridgehead atoms. The second-order valence-electron chi connectivity index (χ2n) is 3.69. The van der Waals surface area contributed by atoms with Gasteiger partial charge in [0.25, 0.3) is 5.56 Å². The first kappa shape index (κ1) is 10.7. The summed E-state index contributed by atoms with van der Waals surface area (Å²) < 4.78 is 1.89. The van der Waals surface area contributed by atoms with Crippen molar-refractivity contribution in [3.63, 3.8) is 0 Å². The number of halogens is 2. The van der Waals surface area contributed by atoms with Crippen molar-refractivity contribution in [2.45, 2.75) is 26.3 Å². The van der Waals surface area contributed by atoms with Gasteiger partial charge in [-0.05, 0) is 36.7 Å². The van der Waals surface area contributed by atoms with Crippen LogP contribution in [0.2, 0.25) is 5.02 Å². The molecule has 0 aliphatic carbocycles. The molecule has 1 heterocycles. The van der Waals surface area contributed by atoms with Gasteiger partial charge in [-0.1, -0.05) is 11.6 Å². The molecule has 1 aromatic rings. The molecule has 0 N–H and O–H groups in total. The highest BCUT2D eigenvalue weighted by atomic mass is 79.9. The summed E-state index contributed by atoms with van der Waals surface area (Å²) in [5.74, 6) is 0. The van der Waals surface area contributed by atoms with Gasteiger partial charge >= 0.3 is 0 Å². The van der Waals surface area contributed by atoms with Gasteiger partial charge in [-0.2, -0.15) is 5.10 Å². The Kier molecular flexibility index (Phi) is 2.82. The van der Waals surface area contributed by atoms with Gasteiger partial charge in [0.1, 0.15) is 5.02 Å². The molecule has 0 unspecified atom stereocenters. The van der Waals surface area contributed by atoms with Gasteiger partial charge in [-0.15, -0.1) is 0 Å². The van der Waals surface area contributed by atoms with E-state index < -0.39 is 0 Å². The van der Waals surface area contributed by atoms with E-state index >= 15 is 0 Å². The minimum Gasteiger partial charge on any atom is -0.266 e. The molecule has 13 heavy (non-hydrogen) atoms. The van der Waals surface area contributed by atoms with E-state index in [-0.39, 0.29) is 16.1 Å². The maximum absolute atomic E-state index is 11.6. The monoisotopic (exact) mass is 264 g/mol. The molecule has 0 fully saturated rings. The van der Waals surface area contributed by atoms with E-state index in [2.05, 4.69) is 21.0 Å². The predicted octanol–water partition coefficient (Wildman–Crippen LogP) is 2.41. The highest BCUT2D eigenvalue weighted by molar-refractivity contribution is 9.10. The van der Waals surface area contributed by atoms with Crippen LogP contribution < -0.4 is 5.56 Å². The zero-order chi connectivity index (χ0) is 10.2. The van der Waals surface area contributed by atoms with Crippen LogP contribution in [0.4, 0.5) is 0 Å². The Morgan fingerprint density at radius 2 is 2.08 bits per heavy atom. The Balaban J connectivity index is 3.44. The van der Waals surface area contributed by atoms with Gasteiger partial charge in [-0.25, -0.2) is 4.68 Å². The van der Waals surface area contributed by atoms with Crippen molar-refractivity contribution >= 4 is 27.5 Å². The van der Waals surface area contributed by atoms with Gasteiger partial charge in [-0.3, -0.25) is 4.79 Å². The second kappa shape index (κ2) is 3.42. The van der Waals surface area contributed by atoms with Gasteiger partial charge in [0.2, 0.25) is 0 Å². The second-order valence-corrected chi connectivity index (χ2v) is 4.93. The van der Waals surface area contributed by atoms with Crippen molar-refractivity contribution in [1.29, 1.82) is 0 Å². The highest BCUT2D eigenvalue weighted by Gasteiger charge is 2.18. The fourth-order valence-electron chi connectivity index (χ4n) is 0.891. The van der Waals surface area contributed by atoms with E-state index in [1.54, 1.807) is 0 Å². The SMILES string of the molecule is CC(C)(C)n1ncc(Br)c(Cl)c1=O. The summed E-state index contributed by atoms with van der Waals surface area (Å²) >= 11 is 8.91. The first-order valence-electron chi connectivity index (χ1n) is 3.78. The Morgan fingerprint density at radius 3 is 2.54 bits per heavy atom. The molecule has 5 heteroatoms. The highest BCUT2D eigenvalue weighted by Crippen LogP contribution is 2.18.